The van der Waals surface area contributed by atoms with Crippen LogP contribution in [0, 0.1) is 5.82 Å². The third kappa shape index (κ3) is 2.73. The summed E-state index contributed by atoms with van der Waals surface area (Å²) in [5.74, 6) is 0.0778. The van der Waals surface area contributed by atoms with Gasteiger partial charge in [-0.2, -0.15) is 0 Å². The number of benzene rings is 2. The summed E-state index contributed by atoms with van der Waals surface area (Å²) in [6.45, 7) is 0. The highest BCUT2D eigenvalue weighted by atomic mass is 79.9. The van der Waals surface area contributed by atoms with Gasteiger partial charge in [-0.15, -0.1) is 0 Å². The molecule has 3 N–H and O–H groups in total. The molecular formula is C13H12BrFN2O. The lowest BCUT2D eigenvalue weighted by Gasteiger charge is -2.13. The van der Waals surface area contributed by atoms with Crippen molar-refractivity contribution in [2.75, 3.05) is 18.2 Å². The molecular weight excluding hydrogens is 299 g/mol. The van der Waals surface area contributed by atoms with E-state index in [1.165, 1.54) is 19.2 Å². The van der Waals surface area contributed by atoms with Gasteiger partial charge in [0.25, 0.3) is 0 Å². The summed E-state index contributed by atoms with van der Waals surface area (Å²) in [6.07, 6.45) is 0. The average Bonchev–Trinajstić information content (AvgIpc) is 2.36. The Hall–Kier alpha value is -1.75. The van der Waals surface area contributed by atoms with Crippen molar-refractivity contribution in [1.29, 1.82) is 0 Å². The van der Waals surface area contributed by atoms with E-state index in [1.807, 2.05) is 12.1 Å². The van der Waals surface area contributed by atoms with E-state index in [1.54, 1.807) is 12.1 Å². The molecule has 0 unspecified atom stereocenters. The first kappa shape index (κ1) is 12.7. The normalized spacial score (nSPS) is 10.2. The number of nitrogens with one attached hydrogen (secondary N) is 1. The van der Waals surface area contributed by atoms with E-state index in [2.05, 4.69) is 21.2 Å². The SMILES string of the molecule is COc1cc(F)ccc1Nc1cc(Br)ccc1N. The third-order valence-corrected chi connectivity index (χ3v) is 2.94. The molecule has 2 rings (SSSR count). The van der Waals surface area contributed by atoms with E-state index in [-0.39, 0.29) is 5.82 Å². The van der Waals surface area contributed by atoms with E-state index in [0.717, 1.165) is 10.2 Å². The highest BCUT2D eigenvalue weighted by Gasteiger charge is 2.07. The summed E-state index contributed by atoms with van der Waals surface area (Å²) in [4.78, 5) is 0. The smallest absolute Gasteiger partial charge is 0.145 e. The summed E-state index contributed by atoms with van der Waals surface area (Å²) in [5, 5.41) is 3.11. The number of nitrogens with two attached hydrogens (primary N) is 1. The Kier molecular flexibility index (Phi) is 3.72. The second-order valence-corrected chi connectivity index (χ2v) is 4.62. The number of anilines is 3. The largest absolute Gasteiger partial charge is 0.494 e. The molecule has 0 aliphatic rings. The molecule has 0 radical (unpaired) electrons. The fourth-order valence-electron chi connectivity index (χ4n) is 1.55. The van der Waals surface area contributed by atoms with Crippen molar-refractivity contribution >= 4 is 33.0 Å². The monoisotopic (exact) mass is 310 g/mol. The van der Waals surface area contributed by atoms with Gasteiger partial charge in [0.1, 0.15) is 11.6 Å². The minimum atomic E-state index is -0.348. The maximum absolute atomic E-state index is 13.1. The van der Waals surface area contributed by atoms with Crippen molar-refractivity contribution in [3.05, 3.63) is 46.7 Å². The average molecular weight is 311 g/mol. The zero-order valence-corrected chi connectivity index (χ0v) is 11.3. The van der Waals surface area contributed by atoms with Crippen LogP contribution in [0.3, 0.4) is 0 Å². The molecule has 0 bridgehead atoms. The summed E-state index contributed by atoms with van der Waals surface area (Å²) in [5.41, 5.74) is 7.85. The van der Waals surface area contributed by atoms with Crippen LogP contribution in [0.15, 0.2) is 40.9 Å². The second kappa shape index (κ2) is 5.27. The molecule has 0 spiro atoms. The molecule has 3 nitrogen and oxygen atoms in total. The van der Waals surface area contributed by atoms with Crippen LogP contribution >= 0.6 is 15.9 Å². The first-order valence-corrected chi connectivity index (χ1v) is 6.05. The fraction of sp³-hybridized carbons (Fsp3) is 0.0769. The number of hydrogen-bond donors (Lipinski definition) is 2. The Morgan fingerprint density at radius 1 is 1.17 bits per heavy atom. The van der Waals surface area contributed by atoms with E-state index in [0.29, 0.717) is 17.1 Å². The van der Waals surface area contributed by atoms with Crippen LogP contribution in [0.1, 0.15) is 0 Å². The lowest BCUT2D eigenvalue weighted by Crippen LogP contribution is -1.98. The molecule has 2 aromatic carbocycles. The molecule has 0 saturated heterocycles. The Morgan fingerprint density at radius 2 is 1.94 bits per heavy atom. The first-order valence-electron chi connectivity index (χ1n) is 5.26. The van der Waals surface area contributed by atoms with Gasteiger partial charge in [-0.25, -0.2) is 4.39 Å². The number of methoxy groups -OCH3 is 1. The van der Waals surface area contributed by atoms with Gasteiger partial charge < -0.3 is 15.8 Å². The number of rotatable bonds is 3. The lowest BCUT2D eigenvalue weighted by atomic mass is 10.2. The predicted molar refractivity (Wildman–Crippen MR) is 74.8 cm³/mol. The Morgan fingerprint density at radius 3 is 2.67 bits per heavy atom. The Bertz CT molecular complexity index is 575. The Balaban J connectivity index is 2.36. The first-order chi connectivity index (χ1) is 8.60. The molecule has 0 atom stereocenters. The van der Waals surface area contributed by atoms with Crippen LogP contribution < -0.4 is 15.8 Å². The van der Waals surface area contributed by atoms with Crippen molar-refractivity contribution in [1.82, 2.24) is 0 Å². The third-order valence-electron chi connectivity index (χ3n) is 2.45. The summed E-state index contributed by atoms with van der Waals surface area (Å²) in [7, 11) is 1.49. The number of halogens is 2. The van der Waals surface area contributed by atoms with Gasteiger partial charge in [0, 0.05) is 10.5 Å². The van der Waals surface area contributed by atoms with Crippen LogP contribution in [0.2, 0.25) is 0 Å². The van der Waals surface area contributed by atoms with Crippen LogP contribution in [-0.2, 0) is 0 Å². The molecule has 94 valence electrons. The zero-order chi connectivity index (χ0) is 13.1. The van der Waals surface area contributed by atoms with E-state index in [4.69, 9.17) is 10.5 Å². The Labute approximate surface area is 113 Å². The van der Waals surface area contributed by atoms with Crippen LogP contribution in [0.5, 0.6) is 5.75 Å². The van der Waals surface area contributed by atoms with Crippen molar-refractivity contribution in [3.8, 4) is 5.75 Å². The van der Waals surface area contributed by atoms with Gasteiger partial charge in [-0.1, -0.05) is 15.9 Å². The maximum atomic E-state index is 13.1. The lowest BCUT2D eigenvalue weighted by molar-refractivity contribution is 0.413. The predicted octanol–water partition coefficient (Wildman–Crippen LogP) is 3.92. The molecule has 0 fully saturated rings. The molecule has 0 aromatic heterocycles. The summed E-state index contributed by atoms with van der Waals surface area (Å²) >= 11 is 3.37. The van der Waals surface area contributed by atoms with Crippen LogP contribution in [0.4, 0.5) is 21.5 Å². The standard InChI is InChI=1S/C13H12BrFN2O/c1-18-13-7-9(15)3-5-11(13)17-12-6-8(14)2-4-10(12)16/h2-7,17H,16H2,1H3. The van der Waals surface area contributed by atoms with E-state index in [9.17, 15) is 4.39 Å². The summed E-state index contributed by atoms with van der Waals surface area (Å²) in [6, 6.07) is 9.76. The maximum Gasteiger partial charge on any atom is 0.145 e. The minimum absolute atomic E-state index is 0.348. The minimum Gasteiger partial charge on any atom is -0.494 e. The van der Waals surface area contributed by atoms with Crippen molar-refractivity contribution in [2.24, 2.45) is 0 Å². The highest BCUT2D eigenvalue weighted by molar-refractivity contribution is 9.10. The quantitative estimate of drug-likeness (QED) is 0.845. The molecule has 5 heteroatoms. The zero-order valence-electron chi connectivity index (χ0n) is 9.71. The topological polar surface area (TPSA) is 47.3 Å². The number of nitrogen functional groups attached to an aromatic ring is 1. The molecule has 0 aliphatic carbocycles. The van der Waals surface area contributed by atoms with Gasteiger partial charge in [0.15, 0.2) is 0 Å². The molecule has 0 amide bonds. The summed E-state index contributed by atoms with van der Waals surface area (Å²) < 4.78 is 19.1. The van der Waals surface area contributed by atoms with Gasteiger partial charge in [-0.05, 0) is 30.3 Å². The second-order valence-electron chi connectivity index (χ2n) is 3.70. The van der Waals surface area contributed by atoms with Gasteiger partial charge in [0.05, 0.1) is 24.2 Å². The number of hydrogen-bond acceptors (Lipinski definition) is 3. The molecule has 0 heterocycles. The fourth-order valence-corrected chi connectivity index (χ4v) is 1.91. The molecule has 0 aliphatic heterocycles. The van der Waals surface area contributed by atoms with Crippen molar-refractivity contribution in [3.63, 3.8) is 0 Å². The van der Waals surface area contributed by atoms with Crippen LogP contribution in [-0.4, -0.2) is 7.11 Å². The van der Waals surface area contributed by atoms with Crippen molar-refractivity contribution < 1.29 is 9.13 Å². The van der Waals surface area contributed by atoms with Gasteiger partial charge in [-0.3, -0.25) is 0 Å². The van der Waals surface area contributed by atoms with Gasteiger partial charge >= 0.3 is 0 Å². The van der Waals surface area contributed by atoms with Gasteiger partial charge in [0.2, 0.25) is 0 Å². The van der Waals surface area contributed by atoms with E-state index >= 15 is 0 Å². The number of ether oxygens (including phenoxy) is 1. The highest BCUT2D eigenvalue weighted by Crippen LogP contribution is 2.32. The molecule has 0 saturated carbocycles. The van der Waals surface area contributed by atoms with Crippen LogP contribution in [0.25, 0.3) is 0 Å². The van der Waals surface area contributed by atoms with E-state index < -0.39 is 0 Å². The molecule has 18 heavy (non-hydrogen) atoms. The molecule has 2 aromatic rings. The van der Waals surface area contributed by atoms with Crippen molar-refractivity contribution in [2.45, 2.75) is 0 Å².